The highest BCUT2D eigenvalue weighted by atomic mass is 16.5. The quantitative estimate of drug-likeness (QED) is 0.648. The van der Waals surface area contributed by atoms with Crippen molar-refractivity contribution in [3.05, 3.63) is 29.8 Å². The van der Waals surface area contributed by atoms with Gasteiger partial charge >= 0.3 is 0 Å². The standard InChI is InChI=1S/C21H33N3O3/c1-21(2,3)27-17-9-6-5-8-16(17)14-23-20(22-4)24-11-13-26-19(15-24)18-10-7-12-25-18/h5-6,8-9,18-19H,7,10-15H2,1-4H3,(H,22,23). The molecule has 2 saturated heterocycles. The molecule has 6 heteroatoms. The van der Waals surface area contributed by atoms with Crippen LogP contribution in [-0.2, 0) is 16.0 Å². The van der Waals surface area contributed by atoms with Crippen molar-refractivity contribution in [3.8, 4) is 5.75 Å². The first-order valence-corrected chi connectivity index (χ1v) is 9.92. The molecule has 2 heterocycles. The number of benzene rings is 1. The van der Waals surface area contributed by atoms with Crippen LogP contribution in [0.5, 0.6) is 5.75 Å². The molecule has 2 fully saturated rings. The van der Waals surface area contributed by atoms with Crippen LogP contribution >= 0.6 is 0 Å². The van der Waals surface area contributed by atoms with Crippen LogP contribution in [0.25, 0.3) is 0 Å². The maximum Gasteiger partial charge on any atom is 0.194 e. The van der Waals surface area contributed by atoms with Crippen LogP contribution in [0, 0.1) is 0 Å². The number of aliphatic imine (C=N–C) groups is 1. The van der Waals surface area contributed by atoms with Crippen LogP contribution < -0.4 is 10.1 Å². The van der Waals surface area contributed by atoms with Crippen molar-refractivity contribution in [2.45, 2.75) is 58.0 Å². The highest BCUT2D eigenvalue weighted by molar-refractivity contribution is 5.80. The Hall–Kier alpha value is -1.79. The van der Waals surface area contributed by atoms with Crippen molar-refractivity contribution < 1.29 is 14.2 Å². The van der Waals surface area contributed by atoms with Gasteiger partial charge in [0.25, 0.3) is 0 Å². The van der Waals surface area contributed by atoms with Crippen LogP contribution in [0.1, 0.15) is 39.2 Å². The molecule has 1 N–H and O–H groups in total. The van der Waals surface area contributed by atoms with Crippen LogP contribution in [0.2, 0.25) is 0 Å². The van der Waals surface area contributed by atoms with Gasteiger partial charge in [0.05, 0.1) is 12.7 Å². The molecule has 1 aromatic carbocycles. The van der Waals surface area contributed by atoms with E-state index in [4.69, 9.17) is 14.2 Å². The molecule has 0 saturated carbocycles. The van der Waals surface area contributed by atoms with E-state index < -0.39 is 0 Å². The lowest BCUT2D eigenvalue weighted by Crippen LogP contribution is -2.53. The van der Waals surface area contributed by atoms with Crippen LogP contribution in [-0.4, -0.2) is 62.0 Å². The molecular weight excluding hydrogens is 342 g/mol. The monoisotopic (exact) mass is 375 g/mol. The van der Waals surface area contributed by atoms with E-state index in [1.54, 1.807) is 0 Å². The largest absolute Gasteiger partial charge is 0.488 e. The first kappa shape index (κ1) is 20.0. The van der Waals surface area contributed by atoms with Gasteiger partial charge in [0.1, 0.15) is 17.5 Å². The van der Waals surface area contributed by atoms with E-state index >= 15 is 0 Å². The van der Waals surface area contributed by atoms with E-state index in [2.05, 4.69) is 42.0 Å². The summed E-state index contributed by atoms with van der Waals surface area (Å²) in [6, 6.07) is 8.16. The van der Waals surface area contributed by atoms with Gasteiger partial charge in [-0.1, -0.05) is 18.2 Å². The lowest BCUT2D eigenvalue weighted by atomic mass is 10.1. The SMILES string of the molecule is CN=C(NCc1ccccc1OC(C)(C)C)N1CCOC(C2CCCO2)C1. The molecule has 0 spiro atoms. The maximum absolute atomic E-state index is 6.10. The van der Waals surface area contributed by atoms with Gasteiger partial charge in [0.15, 0.2) is 5.96 Å². The maximum atomic E-state index is 6.10. The summed E-state index contributed by atoms with van der Waals surface area (Å²) in [7, 11) is 1.83. The number of ether oxygens (including phenoxy) is 3. The van der Waals surface area contributed by atoms with Crippen molar-refractivity contribution in [3.63, 3.8) is 0 Å². The second-order valence-electron chi connectivity index (χ2n) is 8.13. The summed E-state index contributed by atoms with van der Waals surface area (Å²) in [6.45, 7) is 10.1. The molecule has 0 aliphatic carbocycles. The van der Waals surface area contributed by atoms with E-state index in [0.29, 0.717) is 13.2 Å². The van der Waals surface area contributed by atoms with Crippen LogP contribution in [0.3, 0.4) is 0 Å². The Morgan fingerprint density at radius 1 is 1.22 bits per heavy atom. The lowest BCUT2D eigenvalue weighted by Gasteiger charge is -2.37. The van der Waals surface area contributed by atoms with Gasteiger partial charge in [-0.25, -0.2) is 0 Å². The third-order valence-corrected chi connectivity index (χ3v) is 4.81. The first-order valence-electron chi connectivity index (χ1n) is 9.92. The minimum absolute atomic E-state index is 0.122. The topological polar surface area (TPSA) is 55.3 Å². The van der Waals surface area contributed by atoms with E-state index in [1.165, 1.54) is 0 Å². The average Bonchev–Trinajstić information content (AvgIpc) is 3.17. The fourth-order valence-electron chi connectivity index (χ4n) is 3.57. The minimum atomic E-state index is -0.226. The number of para-hydroxylation sites is 1. The predicted molar refractivity (Wildman–Crippen MR) is 107 cm³/mol. The van der Waals surface area contributed by atoms with Crippen molar-refractivity contribution >= 4 is 5.96 Å². The second kappa shape index (κ2) is 8.93. The van der Waals surface area contributed by atoms with E-state index in [9.17, 15) is 0 Å². The number of hydrogen-bond acceptors (Lipinski definition) is 4. The Morgan fingerprint density at radius 2 is 2.00 bits per heavy atom. The molecule has 6 nitrogen and oxygen atoms in total. The van der Waals surface area contributed by atoms with Crippen molar-refractivity contribution in [2.75, 3.05) is 33.4 Å². The first-order chi connectivity index (χ1) is 13.0. The Bertz CT molecular complexity index is 636. The van der Waals surface area contributed by atoms with Gasteiger partial charge in [0.2, 0.25) is 0 Å². The summed E-state index contributed by atoms with van der Waals surface area (Å²) >= 11 is 0. The summed E-state index contributed by atoms with van der Waals surface area (Å²) in [4.78, 5) is 6.75. The fraction of sp³-hybridized carbons (Fsp3) is 0.667. The van der Waals surface area contributed by atoms with E-state index in [0.717, 1.165) is 49.8 Å². The number of morpholine rings is 1. The Labute approximate surface area is 162 Å². The van der Waals surface area contributed by atoms with Gasteiger partial charge in [0, 0.05) is 38.9 Å². The molecular formula is C21H33N3O3. The number of guanidine groups is 1. The molecule has 0 amide bonds. The van der Waals surface area contributed by atoms with Crippen molar-refractivity contribution in [2.24, 2.45) is 4.99 Å². The molecule has 150 valence electrons. The van der Waals surface area contributed by atoms with Gasteiger partial charge < -0.3 is 24.4 Å². The lowest BCUT2D eigenvalue weighted by molar-refractivity contribution is -0.0817. The Balaban J connectivity index is 1.61. The zero-order chi connectivity index (χ0) is 19.3. The number of rotatable bonds is 4. The van der Waals surface area contributed by atoms with Gasteiger partial charge in [-0.2, -0.15) is 0 Å². The molecule has 27 heavy (non-hydrogen) atoms. The van der Waals surface area contributed by atoms with Crippen molar-refractivity contribution in [1.82, 2.24) is 10.2 Å². The summed E-state index contributed by atoms with van der Waals surface area (Å²) in [5.74, 6) is 1.80. The van der Waals surface area contributed by atoms with Gasteiger partial charge in [-0.05, 0) is 39.7 Å². The molecule has 3 rings (SSSR count). The Morgan fingerprint density at radius 3 is 2.70 bits per heavy atom. The molecule has 0 aromatic heterocycles. The zero-order valence-corrected chi connectivity index (χ0v) is 17.0. The number of nitrogens with one attached hydrogen (secondary N) is 1. The van der Waals surface area contributed by atoms with Crippen LogP contribution in [0.4, 0.5) is 0 Å². The number of hydrogen-bond donors (Lipinski definition) is 1. The minimum Gasteiger partial charge on any atom is -0.488 e. The third kappa shape index (κ3) is 5.59. The molecule has 2 atom stereocenters. The normalized spacial score (nSPS) is 24.1. The highest BCUT2D eigenvalue weighted by Gasteiger charge is 2.32. The van der Waals surface area contributed by atoms with E-state index in [-0.39, 0.29) is 17.8 Å². The summed E-state index contributed by atoms with van der Waals surface area (Å²) in [5.41, 5.74) is 0.897. The summed E-state index contributed by atoms with van der Waals surface area (Å²) in [5, 5.41) is 3.49. The van der Waals surface area contributed by atoms with E-state index in [1.807, 2.05) is 25.2 Å². The Kier molecular flexibility index (Phi) is 6.60. The smallest absolute Gasteiger partial charge is 0.194 e. The molecule has 1 aromatic rings. The highest BCUT2D eigenvalue weighted by Crippen LogP contribution is 2.23. The second-order valence-corrected chi connectivity index (χ2v) is 8.13. The van der Waals surface area contributed by atoms with Crippen molar-refractivity contribution in [1.29, 1.82) is 0 Å². The van der Waals surface area contributed by atoms with Gasteiger partial charge in [-0.3, -0.25) is 4.99 Å². The average molecular weight is 376 g/mol. The van der Waals surface area contributed by atoms with Gasteiger partial charge in [-0.15, -0.1) is 0 Å². The fourth-order valence-corrected chi connectivity index (χ4v) is 3.57. The molecule has 2 aliphatic rings. The molecule has 0 bridgehead atoms. The molecule has 2 aliphatic heterocycles. The predicted octanol–water partition coefficient (Wildman–Crippen LogP) is 2.82. The zero-order valence-electron chi connectivity index (χ0n) is 17.0. The summed E-state index contributed by atoms with van der Waals surface area (Å²) in [6.07, 6.45) is 2.55. The molecule has 0 radical (unpaired) electrons. The summed E-state index contributed by atoms with van der Waals surface area (Å²) < 4.78 is 17.9. The third-order valence-electron chi connectivity index (χ3n) is 4.81. The van der Waals surface area contributed by atoms with Crippen LogP contribution in [0.15, 0.2) is 29.3 Å². The molecule has 2 unspecified atom stereocenters. The number of nitrogens with zero attached hydrogens (tertiary/aromatic N) is 2.